The van der Waals surface area contributed by atoms with E-state index in [0.29, 0.717) is 5.69 Å². The zero-order valence-corrected chi connectivity index (χ0v) is 13.8. The minimum Gasteiger partial charge on any atom is -0.322 e. The summed E-state index contributed by atoms with van der Waals surface area (Å²) in [5.41, 5.74) is 0.546. The molecule has 0 bridgehead atoms. The van der Waals surface area contributed by atoms with Crippen molar-refractivity contribution in [3.8, 4) is 12.3 Å². The fourth-order valence-corrected chi connectivity index (χ4v) is 2.90. The fraction of sp³-hybridized carbons (Fsp3) is 0.0625. The lowest BCUT2D eigenvalue weighted by atomic mass is 10.2. The first-order chi connectivity index (χ1) is 11.3. The molecule has 0 saturated heterocycles. The van der Waals surface area contributed by atoms with Crippen molar-refractivity contribution in [2.45, 2.75) is 4.90 Å². The van der Waals surface area contributed by atoms with Gasteiger partial charge in [0.15, 0.2) is 0 Å². The van der Waals surface area contributed by atoms with Gasteiger partial charge in [-0.25, -0.2) is 12.8 Å². The SMILES string of the molecule is C#CCNS(=O)(=O)c1ccc(C(=O)Nc2ccc(F)c(Cl)c2)cc1. The molecule has 0 aliphatic carbocycles. The second kappa shape index (κ2) is 7.45. The van der Waals surface area contributed by atoms with E-state index in [9.17, 15) is 17.6 Å². The lowest BCUT2D eigenvalue weighted by Crippen LogP contribution is -2.24. The highest BCUT2D eigenvalue weighted by molar-refractivity contribution is 7.89. The second-order valence-corrected chi connectivity index (χ2v) is 6.81. The van der Waals surface area contributed by atoms with Gasteiger partial charge in [0.05, 0.1) is 16.5 Å². The molecule has 0 spiro atoms. The van der Waals surface area contributed by atoms with Gasteiger partial charge in [-0.15, -0.1) is 6.42 Å². The minimum atomic E-state index is -3.72. The van der Waals surface area contributed by atoms with Crippen molar-refractivity contribution < 1.29 is 17.6 Å². The van der Waals surface area contributed by atoms with E-state index in [-0.39, 0.29) is 22.0 Å². The number of rotatable bonds is 5. The molecule has 2 rings (SSSR count). The molecule has 0 fully saturated rings. The van der Waals surface area contributed by atoms with Crippen molar-refractivity contribution in [2.24, 2.45) is 0 Å². The Hall–Kier alpha value is -2.40. The number of carbonyl (C=O) groups excluding carboxylic acids is 1. The highest BCUT2D eigenvalue weighted by Crippen LogP contribution is 2.20. The Bertz CT molecular complexity index is 906. The quantitative estimate of drug-likeness (QED) is 0.799. The highest BCUT2D eigenvalue weighted by Gasteiger charge is 2.14. The molecule has 2 aromatic carbocycles. The molecular weight excluding hydrogens is 355 g/mol. The molecular formula is C16H12ClFN2O3S. The summed E-state index contributed by atoms with van der Waals surface area (Å²) in [5.74, 6) is 1.09. The number of sulfonamides is 1. The summed E-state index contributed by atoms with van der Waals surface area (Å²) in [6.07, 6.45) is 5.01. The molecule has 5 nitrogen and oxygen atoms in total. The average molecular weight is 367 g/mol. The number of halogens is 2. The number of hydrogen-bond donors (Lipinski definition) is 2. The maximum atomic E-state index is 13.1. The summed E-state index contributed by atoms with van der Waals surface area (Å²) in [6, 6.07) is 9.04. The van der Waals surface area contributed by atoms with Crippen LogP contribution < -0.4 is 10.0 Å². The Labute approximate surface area is 143 Å². The van der Waals surface area contributed by atoms with Crippen LogP contribution >= 0.6 is 11.6 Å². The van der Waals surface area contributed by atoms with E-state index in [0.717, 1.165) is 6.07 Å². The molecule has 24 heavy (non-hydrogen) atoms. The van der Waals surface area contributed by atoms with E-state index in [1.807, 2.05) is 0 Å². The van der Waals surface area contributed by atoms with Crippen LogP contribution in [-0.2, 0) is 10.0 Å². The van der Waals surface area contributed by atoms with E-state index in [1.165, 1.54) is 36.4 Å². The number of nitrogens with one attached hydrogen (secondary N) is 2. The second-order valence-electron chi connectivity index (χ2n) is 4.64. The van der Waals surface area contributed by atoms with Crippen LogP contribution in [0.3, 0.4) is 0 Å². The molecule has 0 heterocycles. The van der Waals surface area contributed by atoms with Crippen molar-refractivity contribution in [1.82, 2.24) is 4.72 Å². The summed E-state index contributed by atoms with van der Waals surface area (Å²) in [5, 5.41) is 2.42. The van der Waals surface area contributed by atoms with Crippen LogP contribution in [0.4, 0.5) is 10.1 Å². The van der Waals surface area contributed by atoms with Crippen LogP contribution in [0.2, 0.25) is 5.02 Å². The first kappa shape index (κ1) is 17.9. The largest absolute Gasteiger partial charge is 0.322 e. The fourth-order valence-electron chi connectivity index (χ4n) is 1.78. The predicted molar refractivity (Wildman–Crippen MR) is 89.8 cm³/mol. The Morgan fingerprint density at radius 2 is 1.88 bits per heavy atom. The molecule has 2 aromatic rings. The highest BCUT2D eigenvalue weighted by atomic mass is 35.5. The average Bonchev–Trinajstić information content (AvgIpc) is 2.56. The lowest BCUT2D eigenvalue weighted by Gasteiger charge is -2.08. The van der Waals surface area contributed by atoms with Gasteiger partial charge in [-0.1, -0.05) is 17.5 Å². The van der Waals surface area contributed by atoms with Crippen LogP contribution in [0.5, 0.6) is 0 Å². The van der Waals surface area contributed by atoms with E-state index in [2.05, 4.69) is 16.0 Å². The molecule has 0 saturated carbocycles. The van der Waals surface area contributed by atoms with Gasteiger partial charge in [0, 0.05) is 11.3 Å². The van der Waals surface area contributed by atoms with Crippen molar-refractivity contribution >= 4 is 33.2 Å². The van der Waals surface area contributed by atoms with Gasteiger partial charge in [0.2, 0.25) is 10.0 Å². The number of anilines is 1. The smallest absolute Gasteiger partial charge is 0.255 e. The number of terminal acetylenes is 1. The van der Waals surface area contributed by atoms with Gasteiger partial charge < -0.3 is 5.32 Å². The third-order valence-corrected chi connectivity index (χ3v) is 4.68. The van der Waals surface area contributed by atoms with Gasteiger partial charge in [0.1, 0.15) is 5.82 Å². The van der Waals surface area contributed by atoms with Crippen molar-refractivity contribution in [2.75, 3.05) is 11.9 Å². The van der Waals surface area contributed by atoms with Gasteiger partial charge >= 0.3 is 0 Å². The maximum absolute atomic E-state index is 13.1. The molecule has 0 radical (unpaired) electrons. The number of amides is 1. The molecule has 0 aliphatic rings. The molecule has 124 valence electrons. The summed E-state index contributed by atoms with van der Waals surface area (Å²) in [7, 11) is -3.72. The third kappa shape index (κ3) is 4.32. The normalized spacial score (nSPS) is 10.9. The Balaban J connectivity index is 2.14. The van der Waals surface area contributed by atoms with Crippen LogP contribution in [-0.4, -0.2) is 20.9 Å². The minimum absolute atomic E-state index is 0.0147. The van der Waals surface area contributed by atoms with Crippen molar-refractivity contribution in [1.29, 1.82) is 0 Å². The van der Waals surface area contributed by atoms with E-state index < -0.39 is 21.7 Å². The first-order valence-electron chi connectivity index (χ1n) is 6.63. The Morgan fingerprint density at radius 1 is 1.21 bits per heavy atom. The summed E-state index contributed by atoms with van der Waals surface area (Å²) < 4.78 is 39.0. The summed E-state index contributed by atoms with van der Waals surface area (Å²) in [6.45, 7) is -0.129. The molecule has 0 atom stereocenters. The van der Waals surface area contributed by atoms with Gasteiger partial charge in [-0.3, -0.25) is 4.79 Å². The maximum Gasteiger partial charge on any atom is 0.255 e. The zero-order chi connectivity index (χ0) is 17.7. The number of benzene rings is 2. The zero-order valence-electron chi connectivity index (χ0n) is 12.2. The molecule has 8 heteroatoms. The monoisotopic (exact) mass is 366 g/mol. The third-order valence-electron chi connectivity index (χ3n) is 2.97. The van der Waals surface area contributed by atoms with Crippen LogP contribution in [0.25, 0.3) is 0 Å². The first-order valence-corrected chi connectivity index (χ1v) is 8.49. The predicted octanol–water partition coefficient (Wildman–Crippen LogP) is 2.64. The summed E-state index contributed by atoms with van der Waals surface area (Å²) >= 11 is 5.64. The van der Waals surface area contributed by atoms with Crippen LogP contribution in [0.15, 0.2) is 47.4 Å². The van der Waals surface area contributed by atoms with Crippen LogP contribution in [0.1, 0.15) is 10.4 Å². The number of carbonyl (C=O) groups is 1. The Kier molecular flexibility index (Phi) is 5.57. The van der Waals surface area contributed by atoms with E-state index >= 15 is 0 Å². The molecule has 2 N–H and O–H groups in total. The number of hydrogen-bond acceptors (Lipinski definition) is 3. The molecule has 0 unspecified atom stereocenters. The molecule has 0 aliphatic heterocycles. The topological polar surface area (TPSA) is 75.3 Å². The summed E-state index contributed by atoms with van der Waals surface area (Å²) in [4.78, 5) is 12.1. The van der Waals surface area contributed by atoms with E-state index in [1.54, 1.807) is 0 Å². The van der Waals surface area contributed by atoms with Crippen molar-refractivity contribution in [3.05, 3.63) is 58.9 Å². The molecule has 1 amide bonds. The van der Waals surface area contributed by atoms with Crippen molar-refractivity contribution in [3.63, 3.8) is 0 Å². The van der Waals surface area contributed by atoms with Crippen LogP contribution in [0, 0.1) is 18.2 Å². The Morgan fingerprint density at radius 3 is 2.46 bits per heavy atom. The lowest BCUT2D eigenvalue weighted by molar-refractivity contribution is 0.102. The van der Waals surface area contributed by atoms with Gasteiger partial charge in [0.25, 0.3) is 5.91 Å². The standard InChI is InChI=1S/C16H12ClFN2O3S/c1-2-9-19-24(22,23)13-6-3-11(4-7-13)16(21)20-12-5-8-15(18)14(17)10-12/h1,3-8,10,19H,9H2,(H,20,21). The van der Waals surface area contributed by atoms with Gasteiger partial charge in [-0.05, 0) is 42.5 Å². The van der Waals surface area contributed by atoms with E-state index in [4.69, 9.17) is 18.0 Å². The molecule has 0 aromatic heterocycles. The van der Waals surface area contributed by atoms with Gasteiger partial charge in [-0.2, -0.15) is 4.72 Å².